The largest absolute Gasteiger partial charge is 0.477 e. The van der Waals surface area contributed by atoms with Crippen LogP contribution in [0.5, 0.6) is 0 Å². The van der Waals surface area contributed by atoms with Gasteiger partial charge in [-0.05, 0) is 30.9 Å². The fourth-order valence-corrected chi connectivity index (χ4v) is 2.20. The molecule has 1 saturated heterocycles. The van der Waals surface area contributed by atoms with E-state index in [1.54, 1.807) is 12.3 Å². The number of carboxylic acid groups (broad SMARTS) is 1. The van der Waals surface area contributed by atoms with Gasteiger partial charge in [0.15, 0.2) is 0 Å². The van der Waals surface area contributed by atoms with Crippen molar-refractivity contribution in [3.05, 3.63) is 24.0 Å². The zero-order valence-electron chi connectivity index (χ0n) is 10.5. The van der Waals surface area contributed by atoms with Gasteiger partial charge in [0, 0.05) is 38.7 Å². The van der Waals surface area contributed by atoms with Crippen molar-refractivity contribution >= 4 is 11.7 Å². The van der Waals surface area contributed by atoms with Crippen molar-refractivity contribution in [3.8, 4) is 0 Å². The Hall–Kier alpha value is -1.62. The zero-order chi connectivity index (χ0) is 13.0. The molecule has 5 heteroatoms. The normalized spacial score (nSPS) is 16.5. The number of nitrogens with zero attached hydrogens (tertiary/aromatic N) is 2. The molecule has 0 aliphatic carbocycles. The number of pyridine rings is 1. The van der Waals surface area contributed by atoms with Crippen molar-refractivity contribution in [2.45, 2.75) is 12.8 Å². The topological polar surface area (TPSA) is 62.7 Å². The maximum Gasteiger partial charge on any atom is 0.354 e. The van der Waals surface area contributed by atoms with E-state index in [2.05, 4.69) is 9.88 Å². The van der Waals surface area contributed by atoms with Crippen molar-refractivity contribution in [2.75, 3.05) is 31.7 Å². The Balaban J connectivity index is 2.01. The van der Waals surface area contributed by atoms with E-state index in [1.165, 1.54) is 0 Å². The van der Waals surface area contributed by atoms with Crippen molar-refractivity contribution in [1.82, 2.24) is 4.98 Å². The Labute approximate surface area is 106 Å². The quantitative estimate of drug-likeness (QED) is 0.880. The van der Waals surface area contributed by atoms with E-state index in [1.807, 2.05) is 13.1 Å². The first kappa shape index (κ1) is 12.8. The molecule has 1 aliphatic heterocycles. The fourth-order valence-electron chi connectivity index (χ4n) is 2.20. The molecule has 2 rings (SSSR count). The highest BCUT2D eigenvalue weighted by Crippen LogP contribution is 2.20. The van der Waals surface area contributed by atoms with Crippen LogP contribution >= 0.6 is 0 Å². The highest BCUT2D eigenvalue weighted by Gasteiger charge is 2.16. The monoisotopic (exact) mass is 250 g/mol. The minimum atomic E-state index is -0.990. The van der Waals surface area contributed by atoms with Crippen LogP contribution in [-0.2, 0) is 4.74 Å². The summed E-state index contributed by atoms with van der Waals surface area (Å²) >= 11 is 0. The Morgan fingerprint density at radius 2 is 2.28 bits per heavy atom. The zero-order valence-corrected chi connectivity index (χ0v) is 10.5. The van der Waals surface area contributed by atoms with Crippen LogP contribution < -0.4 is 4.90 Å². The number of ether oxygens (including phenoxy) is 1. The molecule has 5 nitrogen and oxygen atoms in total. The van der Waals surface area contributed by atoms with Gasteiger partial charge in [-0.25, -0.2) is 9.78 Å². The summed E-state index contributed by atoms with van der Waals surface area (Å²) in [5, 5.41) is 8.91. The number of carbonyl (C=O) groups is 1. The summed E-state index contributed by atoms with van der Waals surface area (Å²) in [4.78, 5) is 16.8. The van der Waals surface area contributed by atoms with E-state index in [-0.39, 0.29) is 5.69 Å². The third-order valence-corrected chi connectivity index (χ3v) is 3.28. The highest BCUT2D eigenvalue weighted by atomic mass is 16.5. The number of carboxylic acids is 1. The predicted molar refractivity (Wildman–Crippen MR) is 68.0 cm³/mol. The number of aromatic nitrogens is 1. The Morgan fingerprint density at radius 3 is 2.94 bits per heavy atom. The Kier molecular flexibility index (Phi) is 4.15. The summed E-state index contributed by atoms with van der Waals surface area (Å²) in [5.41, 5.74) is 0.986. The third-order valence-electron chi connectivity index (χ3n) is 3.28. The Morgan fingerprint density at radius 1 is 1.56 bits per heavy atom. The van der Waals surface area contributed by atoms with Gasteiger partial charge in [0.1, 0.15) is 5.69 Å². The van der Waals surface area contributed by atoms with Crippen molar-refractivity contribution in [2.24, 2.45) is 5.92 Å². The molecule has 1 aromatic rings. The minimum Gasteiger partial charge on any atom is -0.477 e. The first-order valence-electron chi connectivity index (χ1n) is 6.15. The van der Waals surface area contributed by atoms with Crippen LogP contribution in [0.25, 0.3) is 0 Å². The molecule has 1 fully saturated rings. The smallest absolute Gasteiger partial charge is 0.354 e. The molecule has 0 radical (unpaired) electrons. The van der Waals surface area contributed by atoms with Crippen LogP contribution in [0.4, 0.5) is 5.69 Å². The van der Waals surface area contributed by atoms with E-state index in [0.29, 0.717) is 5.92 Å². The van der Waals surface area contributed by atoms with Crippen LogP contribution in [0.3, 0.4) is 0 Å². The molecule has 1 N–H and O–H groups in total. The van der Waals surface area contributed by atoms with Crippen LogP contribution in [0.15, 0.2) is 18.3 Å². The van der Waals surface area contributed by atoms with Gasteiger partial charge in [0.25, 0.3) is 0 Å². The van der Waals surface area contributed by atoms with E-state index in [4.69, 9.17) is 9.84 Å². The van der Waals surface area contributed by atoms with Gasteiger partial charge in [-0.1, -0.05) is 0 Å². The fraction of sp³-hybridized carbons (Fsp3) is 0.538. The molecule has 0 spiro atoms. The summed E-state index contributed by atoms with van der Waals surface area (Å²) in [7, 11) is 1.98. The van der Waals surface area contributed by atoms with Gasteiger partial charge >= 0.3 is 5.97 Å². The van der Waals surface area contributed by atoms with Gasteiger partial charge < -0.3 is 14.7 Å². The standard InChI is InChI=1S/C13H18N2O3/c1-15(9-10-3-6-18-7-4-10)11-2-5-14-12(8-11)13(16)17/h2,5,8,10H,3-4,6-7,9H2,1H3,(H,16,17). The lowest BCUT2D eigenvalue weighted by Crippen LogP contribution is -2.29. The Bertz CT molecular complexity index is 416. The molecule has 1 aliphatic rings. The van der Waals surface area contributed by atoms with Crippen LogP contribution in [0.2, 0.25) is 0 Å². The van der Waals surface area contributed by atoms with Gasteiger partial charge in [-0.2, -0.15) is 0 Å². The summed E-state index contributed by atoms with van der Waals surface area (Å²) in [5.74, 6) is -0.374. The molecule has 0 atom stereocenters. The van der Waals surface area contributed by atoms with Gasteiger partial charge in [0.05, 0.1) is 0 Å². The molecule has 1 aromatic heterocycles. The molecule has 0 aromatic carbocycles. The molecule has 98 valence electrons. The van der Waals surface area contributed by atoms with Gasteiger partial charge in [0.2, 0.25) is 0 Å². The average molecular weight is 250 g/mol. The van der Waals surface area contributed by atoms with Crippen molar-refractivity contribution < 1.29 is 14.6 Å². The summed E-state index contributed by atoms with van der Waals surface area (Å²) in [6.45, 7) is 2.58. The van der Waals surface area contributed by atoms with Crippen LogP contribution in [0, 0.1) is 5.92 Å². The van der Waals surface area contributed by atoms with Crippen LogP contribution in [0.1, 0.15) is 23.3 Å². The maximum atomic E-state index is 10.9. The molecule has 0 saturated carbocycles. The molecule has 18 heavy (non-hydrogen) atoms. The van der Waals surface area contributed by atoms with Gasteiger partial charge in [-0.3, -0.25) is 0 Å². The van der Waals surface area contributed by atoms with Gasteiger partial charge in [-0.15, -0.1) is 0 Å². The molecule has 2 heterocycles. The lowest BCUT2D eigenvalue weighted by atomic mass is 10.00. The first-order valence-corrected chi connectivity index (χ1v) is 6.15. The second-order valence-corrected chi connectivity index (χ2v) is 4.64. The highest BCUT2D eigenvalue weighted by molar-refractivity contribution is 5.86. The molecular weight excluding hydrogens is 232 g/mol. The number of aromatic carboxylic acids is 1. The second-order valence-electron chi connectivity index (χ2n) is 4.64. The number of anilines is 1. The molecular formula is C13H18N2O3. The summed E-state index contributed by atoms with van der Waals surface area (Å²) < 4.78 is 5.33. The first-order chi connectivity index (χ1) is 8.66. The second kappa shape index (κ2) is 5.82. The SMILES string of the molecule is CN(CC1CCOCC1)c1ccnc(C(=O)O)c1. The van der Waals surface area contributed by atoms with E-state index >= 15 is 0 Å². The van der Waals surface area contributed by atoms with E-state index in [0.717, 1.165) is 38.3 Å². The maximum absolute atomic E-state index is 10.9. The molecule has 0 bridgehead atoms. The van der Waals surface area contributed by atoms with Crippen molar-refractivity contribution in [1.29, 1.82) is 0 Å². The third kappa shape index (κ3) is 3.20. The van der Waals surface area contributed by atoms with Crippen LogP contribution in [-0.4, -0.2) is 42.9 Å². The number of rotatable bonds is 4. The number of hydrogen-bond donors (Lipinski definition) is 1. The average Bonchev–Trinajstić information content (AvgIpc) is 2.40. The lowest BCUT2D eigenvalue weighted by Gasteiger charge is -2.28. The predicted octanol–water partition coefficient (Wildman–Crippen LogP) is 1.64. The van der Waals surface area contributed by atoms with E-state index < -0.39 is 5.97 Å². The number of hydrogen-bond acceptors (Lipinski definition) is 4. The summed E-state index contributed by atoms with van der Waals surface area (Å²) in [6, 6.07) is 3.45. The van der Waals surface area contributed by atoms with Crippen molar-refractivity contribution in [3.63, 3.8) is 0 Å². The molecule has 0 amide bonds. The summed E-state index contributed by atoms with van der Waals surface area (Å²) in [6.07, 6.45) is 3.68. The lowest BCUT2D eigenvalue weighted by molar-refractivity contribution is 0.0685. The molecule has 0 unspecified atom stereocenters. The van der Waals surface area contributed by atoms with E-state index in [9.17, 15) is 4.79 Å². The minimum absolute atomic E-state index is 0.0892.